The maximum atomic E-state index is 12.1. The molecule has 0 unspecified atom stereocenters. The van der Waals surface area contributed by atoms with E-state index in [1.165, 1.54) is 11.3 Å². The zero-order chi connectivity index (χ0) is 19.1. The summed E-state index contributed by atoms with van der Waals surface area (Å²) >= 11 is 1.28. The van der Waals surface area contributed by atoms with Crippen LogP contribution in [0.25, 0.3) is 0 Å². The zero-order valence-electron chi connectivity index (χ0n) is 14.9. The maximum Gasteiger partial charge on any atom is 0.309 e. The third-order valence-corrected chi connectivity index (χ3v) is 4.22. The fourth-order valence-corrected chi connectivity index (χ4v) is 3.03. The molecule has 0 fully saturated rings. The predicted octanol–water partition coefficient (Wildman–Crippen LogP) is 2.42. The molecule has 1 aromatic heterocycles. The van der Waals surface area contributed by atoms with Gasteiger partial charge in [0.15, 0.2) is 11.5 Å². The Morgan fingerprint density at radius 1 is 1.27 bits per heavy atom. The van der Waals surface area contributed by atoms with E-state index in [9.17, 15) is 9.59 Å². The Morgan fingerprint density at radius 2 is 2.04 bits per heavy atom. The van der Waals surface area contributed by atoms with Crippen molar-refractivity contribution in [3.63, 3.8) is 0 Å². The molecule has 0 aliphatic heterocycles. The van der Waals surface area contributed by atoms with Crippen molar-refractivity contribution in [3.05, 3.63) is 39.8 Å². The van der Waals surface area contributed by atoms with Crippen LogP contribution >= 0.6 is 11.3 Å². The Balaban J connectivity index is 1.90. The van der Waals surface area contributed by atoms with Crippen molar-refractivity contribution >= 4 is 23.2 Å². The molecule has 26 heavy (non-hydrogen) atoms. The molecule has 0 saturated heterocycles. The highest BCUT2D eigenvalue weighted by Crippen LogP contribution is 2.28. The van der Waals surface area contributed by atoms with Crippen LogP contribution in [0.5, 0.6) is 11.5 Å². The van der Waals surface area contributed by atoms with Crippen LogP contribution in [-0.4, -0.2) is 35.2 Å². The molecule has 2 rings (SSSR count). The molecular formula is C18H22N2O5S. The minimum Gasteiger partial charge on any atom is -0.493 e. The van der Waals surface area contributed by atoms with Crippen LogP contribution < -0.4 is 14.8 Å². The van der Waals surface area contributed by atoms with Gasteiger partial charge in [-0.3, -0.25) is 9.59 Å². The number of methoxy groups -OCH3 is 1. The van der Waals surface area contributed by atoms with Gasteiger partial charge in [0, 0.05) is 11.9 Å². The number of hydrogen-bond acceptors (Lipinski definition) is 6. The fourth-order valence-electron chi connectivity index (χ4n) is 2.24. The number of carbonyl (C=O) groups is 2. The van der Waals surface area contributed by atoms with Crippen molar-refractivity contribution in [2.75, 3.05) is 7.11 Å². The number of nitrogens with zero attached hydrogens (tertiary/aromatic N) is 1. The molecule has 7 nitrogen and oxygen atoms in total. The van der Waals surface area contributed by atoms with Gasteiger partial charge < -0.3 is 19.9 Å². The summed E-state index contributed by atoms with van der Waals surface area (Å²) in [5, 5.41) is 13.8. The largest absolute Gasteiger partial charge is 0.493 e. The van der Waals surface area contributed by atoms with Gasteiger partial charge in [-0.05, 0) is 31.5 Å². The Labute approximate surface area is 156 Å². The molecule has 140 valence electrons. The predicted molar refractivity (Wildman–Crippen MR) is 97.8 cm³/mol. The summed E-state index contributed by atoms with van der Waals surface area (Å²) in [5.41, 5.74) is 1.35. The lowest BCUT2D eigenvalue weighted by atomic mass is 10.2. The lowest BCUT2D eigenvalue weighted by Crippen LogP contribution is -2.24. The van der Waals surface area contributed by atoms with E-state index in [0.29, 0.717) is 28.7 Å². The highest BCUT2D eigenvalue weighted by molar-refractivity contribution is 7.09. The van der Waals surface area contributed by atoms with Gasteiger partial charge in [-0.25, -0.2) is 4.98 Å². The topological polar surface area (TPSA) is 97.8 Å². The monoisotopic (exact) mass is 378 g/mol. The quantitative estimate of drug-likeness (QED) is 0.695. The van der Waals surface area contributed by atoms with Crippen molar-refractivity contribution in [2.24, 2.45) is 0 Å². The Bertz CT molecular complexity index is 773. The molecule has 2 N–H and O–H groups in total. The Hall–Kier alpha value is -2.61. The number of ether oxygens (including phenoxy) is 2. The number of carbonyl (C=O) groups excluding carboxylic acids is 1. The highest BCUT2D eigenvalue weighted by atomic mass is 32.1. The normalized spacial score (nSPS) is 10.6. The number of hydrogen-bond donors (Lipinski definition) is 2. The van der Waals surface area contributed by atoms with Crippen molar-refractivity contribution < 1.29 is 24.2 Å². The molecule has 0 radical (unpaired) electrons. The molecule has 0 spiro atoms. The van der Waals surface area contributed by atoms with Gasteiger partial charge in [-0.1, -0.05) is 6.07 Å². The van der Waals surface area contributed by atoms with E-state index in [1.54, 1.807) is 12.5 Å². The molecule has 2 aromatic rings. The third kappa shape index (κ3) is 6.03. The summed E-state index contributed by atoms with van der Waals surface area (Å²) in [5.74, 6) is 0.155. The fraction of sp³-hybridized carbons (Fsp3) is 0.389. The molecule has 0 aliphatic rings. The van der Waals surface area contributed by atoms with Crippen LogP contribution in [0.4, 0.5) is 0 Å². The lowest BCUT2D eigenvalue weighted by Gasteiger charge is -2.14. The molecular weight excluding hydrogens is 356 g/mol. The van der Waals surface area contributed by atoms with Crippen LogP contribution in [-0.2, 0) is 29.0 Å². The number of carboxylic acid groups (broad SMARTS) is 1. The molecule has 1 amide bonds. The van der Waals surface area contributed by atoms with Gasteiger partial charge in [0.2, 0.25) is 5.91 Å². The van der Waals surface area contributed by atoms with Crippen LogP contribution in [0.15, 0.2) is 23.6 Å². The van der Waals surface area contributed by atoms with Crippen LogP contribution in [0.3, 0.4) is 0 Å². The zero-order valence-corrected chi connectivity index (χ0v) is 15.8. The number of aromatic nitrogens is 1. The minimum absolute atomic E-state index is 0.0405. The summed E-state index contributed by atoms with van der Waals surface area (Å²) in [6, 6.07) is 5.51. The maximum absolute atomic E-state index is 12.1. The number of aliphatic carboxylic acids is 1. The Morgan fingerprint density at radius 3 is 2.69 bits per heavy atom. The van der Waals surface area contributed by atoms with Crippen molar-refractivity contribution in [3.8, 4) is 11.5 Å². The van der Waals surface area contributed by atoms with Crippen LogP contribution in [0.1, 0.15) is 30.1 Å². The first-order chi connectivity index (χ1) is 12.4. The van der Waals surface area contributed by atoms with Gasteiger partial charge in [-0.15, -0.1) is 11.3 Å². The van der Waals surface area contributed by atoms with E-state index in [4.69, 9.17) is 14.6 Å². The van der Waals surface area contributed by atoms with E-state index >= 15 is 0 Å². The van der Waals surface area contributed by atoms with Crippen molar-refractivity contribution in [1.82, 2.24) is 10.3 Å². The number of carboxylic acids is 1. The van der Waals surface area contributed by atoms with Gasteiger partial charge in [-0.2, -0.15) is 0 Å². The van der Waals surface area contributed by atoms with E-state index in [-0.39, 0.29) is 24.9 Å². The highest BCUT2D eigenvalue weighted by Gasteiger charge is 2.11. The molecule has 0 saturated carbocycles. The summed E-state index contributed by atoms with van der Waals surface area (Å²) in [4.78, 5) is 26.9. The van der Waals surface area contributed by atoms with Gasteiger partial charge in [0.25, 0.3) is 0 Å². The van der Waals surface area contributed by atoms with Crippen molar-refractivity contribution in [1.29, 1.82) is 0 Å². The molecule has 0 bridgehead atoms. The standard InChI is InChI=1S/C18H22N2O5S/c1-11(2)25-14-5-4-12(6-15(14)24-3)9-19-16(21)8-17-20-13(10-26-17)7-18(22)23/h4-6,10-11H,7-9H2,1-3H3,(H,19,21)(H,22,23). The second kappa shape index (κ2) is 9.19. The second-order valence-corrected chi connectivity index (χ2v) is 6.85. The summed E-state index contributed by atoms with van der Waals surface area (Å²) < 4.78 is 11.0. The van der Waals surface area contributed by atoms with Gasteiger partial charge in [0.1, 0.15) is 5.01 Å². The molecule has 1 heterocycles. The molecule has 8 heteroatoms. The van der Waals surface area contributed by atoms with Crippen molar-refractivity contribution in [2.45, 2.75) is 39.3 Å². The van der Waals surface area contributed by atoms with E-state index in [2.05, 4.69) is 10.3 Å². The molecule has 0 atom stereocenters. The Kier molecular flexibility index (Phi) is 6.97. The number of amides is 1. The third-order valence-electron chi connectivity index (χ3n) is 3.32. The number of rotatable bonds is 9. The average molecular weight is 378 g/mol. The minimum atomic E-state index is -0.940. The van der Waals surface area contributed by atoms with Crippen LogP contribution in [0, 0.1) is 0 Å². The molecule has 1 aromatic carbocycles. The summed E-state index contributed by atoms with van der Waals surface area (Å²) in [6.45, 7) is 4.23. The number of thiazole rings is 1. The first-order valence-corrected chi connectivity index (χ1v) is 9.00. The first kappa shape index (κ1) is 19.7. The summed E-state index contributed by atoms with van der Waals surface area (Å²) in [6.07, 6.45) is 0.0253. The SMILES string of the molecule is COc1cc(CNC(=O)Cc2nc(CC(=O)O)cs2)ccc1OC(C)C. The van der Waals surface area contributed by atoms with E-state index < -0.39 is 5.97 Å². The van der Waals surface area contributed by atoms with Gasteiger partial charge >= 0.3 is 5.97 Å². The van der Waals surface area contributed by atoms with Crippen LogP contribution in [0.2, 0.25) is 0 Å². The lowest BCUT2D eigenvalue weighted by molar-refractivity contribution is -0.136. The van der Waals surface area contributed by atoms with E-state index in [0.717, 1.165) is 5.56 Å². The first-order valence-electron chi connectivity index (χ1n) is 8.12. The number of benzene rings is 1. The van der Waals surface area contributed by atoms with Gasteiger partial charge in [0.05, 0.1) is 31.7 Å². The molecule has 0 aliphatic carbocycles. The van der Waals surface area contributed by atoms with E-state index in [1.807, 2.05) is 32.0 Å². The average Bonchev–Trinajstić information content (AvgIpc) is 2.99. The smallest absolute Gasteiger partial charge is 0.309 e. The summed E-state index contributed by atoms with van der Waals surface area (Å²) in [7, 11) is 1.57. The number of nitrogens with one attached hydrogen (secondary N) is 1. The second-order valence-electron chi connectivity index (χ2n) is 5.91.